The molecule has 3 nitrogen and oxygen atoms in total. The average Bonchev–Trinajstić information content (AvgIpc) is 3.01. The Morgan fingerprint density at radius 3 is 2.10 bits per heavy atom. The van der Waals surface area contributed by atoms with Gasteiger partial charge in [0.2, 0.25) is 0 Å². The fraction of sp³-hybridized carbons (Fsp3) is 1.00. The minimum atomic E-state index is 0.483. The summed E-state index contributed by atoms with van der Waals surface area (Å²) in [6.07, 6.45) is 8.27. The van der Waals surface area contributed by atoms with Gasteiger partial charge in [-0.25, -0.2) is 0 Å². The molecule has 0 bridgehead atoms. The summed E-state index contributed by atoms with van der Waals surface area (Å²) >= 11 is 0. The first-order chi connectivity index (χ1) is 10.2. The molecule has 2 aliphatic heterocycles. The lowest BCUT2D eigenvalue weighted by molar-refractivity contribution is 0.0924. The number of nitrogens with zero attached hydrogens (tertiary/aromatic N) is 2. The molecule has 0 spiro atoms. The third kappa shape index (κ3) is 4.94. The summed E-state index contributed by atoms with van der Waals surface area (Å²) in [4.78, 5) is 5.44. The number of hydrogen-bond acceptors (Lipinski definition) is 3. The Labute approximate surface area is 132 Å². The summed E-state index contributed by atoms with van der Waals surface area (Å²) in [7, 11) is 2.10. The van der Waals surface area contributed by atoms with E-state index in [0.29, 0.717) is 5.41 Å². The molecular formula is C18H37N3. The second kappa shape index (κ2) is 8.50. The Morgan fingerprint density at radius 2 is 1.57 bits per heavy atom. The van der Waals surface area contributed by atoms with Gasteiger partial charge in [-0.3, -0.25) is 0 Å². The van der Waals surface area contributed by atoms with Crippen LogP contribution in [0.3, 0.4) is 0 Å². The highest BCUT2D eigenvalue weighted by atomic mass is 15.2. The maximum Gasteiger partial charge on any atom is 0.00499 e. The summed E-state index contributed by atoms with van der Waals surface area (Å²) in [6.45, 7) is 13.9. The maximum absolute atomic E-state index is 3.42. The van der Waals surface area contributed by atoms with Gasteiger partial charge in [0.25, 0.3) is 0 Å². The van der Waals surface area contributed by atoms with Crippen molar-refractivity contribution in [2.24, 2.45) is 11.3 Å². The van der Waals surface area contributed by atoms with E-state index in [4.69, 9.17) is 0 Å². The van der Waals surface area contributed by atoms with Crippen molar-refractivity contribution < 1.29 is 0 Å². The molecule has 0 aromatic carbocycles. The molecule has 0 aromatic rings. The van der Waals surface area contributed by atoms with Crippen LogP contribution in [0.1, 0.15) is 52.4 Å². The SMILES string of the molecule is CCC(CC)(CNC)CN1CCC(CN2CCCC2)CC1. The Hall–Kier alpha value is -0.120. The molecule has 2 fully saturated rings. The highest BCUT2D eigenvalue weighted by Crippen LogP contribution is 2.29. The van der Waals surface area contributed by atoms with Crippen LogP contribution in [0, 0.1) is 11.3 Å². The first-order valence-electron chi connectivity index (χ1n) is 9.30. The topological polar surface area (TPSA) is 18.5 Å². The predicted octanol–water partition coefficient (Wildman–Crippen LogP) is 2.82. The fourth-order valence-corrected chi connectivity index (χ4v) is 4.29. The van der Waals surface area contributed by atoms with E-state index < -0.39 is 0 Å². The van der Waals surface area contributed by atoms with E-state index in [2.05, 4.69) is 36.0 Å². The van der Waals surface area contributed by atoms with Gasteiger partial charge in [0.15, 0.2) is 0 Å². The van der Waals surface area contributed by atoms with E-state index in [1.807, 2.05) is 0 Å². The zero-order chi connectivity index (χ0) is 15.1. The summed E-state index contributed by atoms with van der Waals surface area (Å²) in [5.74, 6) is 0.960. The molecule has 2 aliphatic rings. The second-order valence-electron chi connectivity index (χ2n) is 7.46. The molecule has 21 heavy (non-hydrogen) atoms. The molecule has 0 amide bonds. The van der Waals surface area contributed by atoms with Crippen LogP contribution in [-0.4, -0.2) is 62.7 Å². The Morgan fingerprint density at radius 1 is 0.952 bits per heavy atom. The Kier molecular flexibility index (Phi) is 6.97. The van der Waals surface area contributed by atoms with E-state index in [9.17, 15) is 0 Å². The molecule has 124 valence electrons. The normalized spacial score (nSPS) is 23.0. The second-order valence-corrected chi connectivity index (χ2v) is 7.46. The number of rotatable bonds is 8. The average molecular weight is 296 g/mol. The number of nitrogens with one attached hydrogen (secondary N) is 1. The fourth-order valence-electron chi connectivity index (χ4n) is 4.29. The predicted molar refractivity (Wildman–Crippen MR) is 91.8 cm³/mol. The van der Waals surface area contributed by atoms with Crippen LogP contribution < -0.4 is 5.32 Å². The zero-order valence-corrected chi connectivity index (χ0v) is 14.7. The highest BCUT2D eigenvalue weighted by molar-refractivity contribution is 4.85. The Bertz CT molecular complexity index is 274. The molecule has 1 N–H and O–H groups in total. The standard InChI is InChI=1S/C18H37N3/c1-4-18(5-2,15-19-3)16-21-12-8-17(9-13-21)14-20-10-6-7-11-20/h17,19H,4-16H2,1-3H3. The summed E-state index contributed by atoms with van der Waals surface area (Å²) in [5.41, 5.74) is 0.483. The van der Waals surface area contributed by atoms with Crippen LogP contribution in [0.5, 0.6) is 0 Å². The van der Waals surface area contributed by atoms with Gasteiger partial charge in [-0.1, -0.05) is 13.8 Å². The van der Waals surface area contributed by atoms with E-state index in [1.165, 1.54) is 77.8 Å². The van der Waals surface area contributed by atoms with Gasteiger partial charge in [0.05, 0.1) is 0 Å². The van der Waals surface area contributed by atoms with Gasteiger partial charge >= 0.3 is 0 Å². The molecule has 0 aliphatic carbocycles. The van der Waals surface area contributed by atoms with Crippen LogP contribution in [-0.2, 0) is 0 Å². The smallest absolute Gasteiger partial charge is 0.00499 e. The van der Waals surface area contributed by atoms with Crippen molar-refractivity contribution in [2.75, 3.05) is 52.9 Å². The minimum Gasteiger partial charge on any atom is -0.319 e. The monoisotopic (exact) mass is 295 g/mol. The summed E-state index contributed by atoms with van der Waals surface area (Å²) in [6, 6.07) is 0. The zero-order valence-electron chi connectivity index (χ0n) is 14.7. The molecular weight excluding hydrogens is 258 g/mol. The van der Waals surface area contributed by atoms with E-state index in [1.54, 1.807) is 0 Å². The molecule has 0 atom stereocenters. The van der Waals surface area contributed by atoms with Crippen molar-refractivity contribution in [2.45, 2.75) is 52.4 Å². The van der Waals surface area contributed by atoms with E-state index in [-0.39, 0.29) is 0 Å². The molecule has 0 unspecified atom stereocenters. The quantitative estimate of drug-likeness (QED) is 0.743. The van der Waals surface area contributed by atoms with Crippen molar-refractivity contribution in [3.63, 3.8) is 0 Å². The largest absolute Gasteiger partial charge is 0.319 e. The van der Waals surface area contributed by atoms with Crippen LogP contribution >= 0.6 is 0 Å². The lowest BCUT2D eigenvalue weighted by atomic mass is 9.81. The van der Waals surface area contributed by atoms with E-state index in [0.717, 1.165) is 12.5 Å². The van der Waals surface area contributed by atoms with E-state index >= 15 is 0 Å². The van der Waals surface area contributed by atoms with Gasteiger partial charge in [0.1, 0.15) is 0 Å². The van der Waals surface area contributed by atoms with Gasteiger partial charge in [-0.15, -0.1) is 0 Å². The Balaban J connectivity index is 1.74. The summed E-state index contributed by atoms with van der Waals surface area (Å²) in [5, 5.41) is 3.42. The third-order valence-electron chi connectivity index (χ3n) is 6.03. The molecule has 3 heteroatoms. The lowest BCUT2D eigenvalue weighted by Crippen LogP contribution is -2.46. The van der Waals surface area contributed by atoms with Crippen molar-refractivity contribution in [1.29, 1.82) is 0 Å². The van der Waals surface area contributed by atoms with Crippen molar-refractivity contribution >= 4 is 0 Å². The molecule has 0 saturated carbocycles. The molecule has 2 rings (SSSR count). The number of hydrogen-bond donors (Lipinski definition) is 1. The van der Waals surface area contributed by atoms with Crippen molar-refractivity contribution in [1.82, 2.24) is 15.1 Å². The van der Waals surface area contributed by atoms with Gasteiger partial charge in [0, 0.05) is 19.6 Å². The highest BCUT2D eigenvalue weighted by Gasteiger charge is 2.30. The molecule has 2 heterocycles. The van der Waals surface area contributed by atoms with Gasteiger partial charge in [-0.2, -0.15) is 0 Å². The van der Waals surface area contributed by atoms with Crippen LogP contribution in [0.2, 0.25) is 0 Å². The minimum absolute atomic E-state index is 0.483. The molecule has 2 saturated heterocycles. The maximum atomic E-state index is 3.42. The third-order valence-corrected chi connectivity index (χ3v) is 6.03. The van der Waals surface area contributed by atoms with Gasteiger partial charge < -0.3 is 15.1 Å². The molecule has 0 aromatic heterocycles. The summed E-state index contributed by atoms with van der Waals surface area (Å²) < 4.78 is 0. The van der Waals surface area contributed by atoms with Gasteiger partial charge in [-0.05, 0) is 83.1 Å². The lowest BCUT2D eigenvalue weighted by Gasteiger charge is -2.41. The first-order valence-corrected chi connectivity index (χ1v) is 9.30. The number of likely N-dealkylation sites (tertiary alicyclic amines) is 2. The first kappa shape index (κ1) is 17.2. The van der Waals surface area contributed by atoms with Crippen molar-refractivity contribution in [3.8, 4) is 0 Å². The van der Waals surface area contributed by atoms with Crippen molar-refractivity contribution in [3.05, 3.63) is 0 Å². The molecule has 0 radical (unpaired) electrons. The van der Waals surface area contributed by atoms with Crippen LogP contribution in [0.15, 0.2) is 0 Å². The van der Waals surface area contributed by atoms with Crippen LogP contribution in [0.4, 0.5) is 0 Å². The number of piperidine rings is 1. The van der Waals surface area contributed by atoms with Crippen LogP contribution in [0.25, 0.3) is 0 Å².